The summed E-state index contributed by atoms with van der Waals surface area (Å²) in [5, 5.41) is 50.3. The van der Waals surface area contributed by atoms with Gasteiger partial charge in [0.05, 0.1) is 31.8 Å². The molecule has 40 heavy (non-hydrogen) atoms. The highest BCUT2D eigenvalue weighted by molar-refractivity contribution is 5.99. The zero-order valence-corrected chi connectivity index (χ0v) is 21.7. The molecule has 2 aromatic rings. The first kappa shape index (κ1) is 29.5. The summed E-state index contributed by atoms with van der Waals surface area (Å²) < 4.78 is 0. The molecule has 1 aliphatic carbocycles. The SMILES string of the molecule is CC1(C)CC(NC(=O)c2ccc([N+](=O)[O-])cc2[N+](=O)[O-])CC(C)(CNC(=O)c2ccc([N+](=O)[O-])cc2[N+](=O)[O-])C1. The lowest BCUT2D eigenvalue weighted by Gasteiger charge is -2.47. The number of nitrogens with zero attached hydrogens (tertiary/aromatic N) is 4. The zero-order valence-electron chi connectivity index (χ0n) is 21.7. The Bertz CT molecular complexity index is 1420. The number of carbonyl (C=O) groups is 2. The van der Waals surface area contributed by atoms with Gasteiger partial charge >= 0.3 is 0 Å². The smallest absolute Gasteiger partial charge is 0.289 e. The lowest BCUT2D eigenvalue weighted by Crippen LogP contribution is -2.50. The van der Waals surface area contributed by atoms with E-state index in [-0.39, 0.29) is 23.1 Å². The molecule has 2 atom stereocenters. The summed E-state index contributed by atoms with van der Waals surface area (Å²) in [7, 11) is 0. The minimum absolute atomic E-state index is 0.0491. The van der Waals surface area contributed by atoms with Gasteiger partial charge in [-0.2, -0.15) is 0 Å². The Morgan fingerprint density at radius 3 is 1.70 bits per heavy atom. The van der Waals surface area contributed by atoms with Crippen molar-refractivity contribution in [3.05, 3.63) is 88.0 Å². The van der Waals surface area contributed by atoms with Crippen LogP contribution in [0.25, 0.3) is 0 Å². The number of hydrogen-bond donors (Lipinski definition) is 2. The maximum absolute atomic E-state index is 13.0. The van der Waals surface area contributed by atoms with Crippen LogP contribution in [-0.2, 0) is 0 Å². The average molecular weight is 559 g/mol. The molecule has 0 heterocycles. The van der Waals surface area contributed by atoms with Gasteiger partial charge in [-0.3, -0.25) is 50.0 Å². The molecule has 16 nitrogen and oxygen atoms in total. The van der Waals surface area contributed by atoms with Crippen LogP contribution in [0.5, 0.6) is 0 Å². The first-order valence-corrected chi connectivity index (χ1v) is 12.0. The highest BCUT2D eigenvalue weighted by Crippen LogP contribution is 2.46. The van der Waals surface area contributed by atoms with E-state index in [1.807, 2.05) is 20.8 Å². The molecule has 16 heteroatoms. The van der Waals surface area contributed by atoms with Gasteiger partial charge in [0, 0.05) is 24.7 Å². The first-order valence-electron chi connectivity index (χ1n) is 12.0. The minimum Gasteiger partial charge on any atom is -0.351 e. The topological polar surface area (TPSA) is 231 Å². The van der Waals surface area contributed by atoms with E-state index in [0.29, 0.717) is 25.3 Å². The van der Waals surface area contributed by atoms with E-state index in [4.69, 9.17) is 0 Å². The van der Waals surface area contributed by atoms with E-state index in [1.54, 1.807) is 0 Å². The minimum atomic E-state index is -0.879. The van der Waals surface area contributed by atoms with Crippen LogP contribution in [0.3, 0.4) is 0 Å². The molecule has 2 amide bonds. The number of nitrogens with one attached hydrogen (secondary N) is 2. The molecule has 2 unspecified atom stereocenters. The van der Waals surface area contributed by atoms with E-state index in [2.05, 4.69) is 10.6 Å². The number of carbonyl (C=O) groups excluding carboxylic acids is 2. The second kappa shape index (κ2) is 11.0. The second-order valence-electron chi connectivity index (χ2n) is 10.8. The monoisotopic (exact) mass is 558 g/mol. The van der Waals surface area contributed by atoms with Gasteiger partial charge in [-0.15, -0.1) is 0 Å². The van der Waals surface area contributed by atoms with Crippen molar-refractivity contribution >= 4 is 34.6 Å². The Kier molecular flexibility index (Phi) is 8.12. The molecule has 0 radical (unpaired) electrons. The molecule has 0 spiro atoms. The predicted octanol–water partition coefficient (Wildman–Crippen LogP) is 4.06. The fraction of sp³-hybridized carbons (Fsp3) is 0.417. The standard InChI is InChI=1S/C24H26N6O10/c1-23(2)10-14(26-22(32)18-7-5-16(28(35)36)9-20(18)30(39)40)11-24(3,12-23)13-25-21(31)17-6-4-15(27(33)34)8-19(17)29(37)38/h4-9,14H,10-13H2,1-3H3,(H,25,31)(H,26,32). The highest BCUT2D eigenvalue weighted by Gasteiger charge is 2.42. The summed E-state index contributed by atoms with van der Waals surface area (Å²) in [6, 6.07) is 4.98. The molecule has 0 bridgehead atoms. The van der Waals surface area contributed by atoms with Crippen molar-refractivity contribution < 1.29 is 29.3 Å². The van der Waals surface area contributed by atoms with Crippen LogP contribution in [-0.4, -0.2) is 44.1 Å². The van der Waals surface area contributed by atoms with Crippen LogP contribution >= 0.6 is 0 Å². The summed E-state index contributed by atoms with van der Waals surface area (Å²) in [6.07, 6.45) is 1.43. The van der Waals surface area contributed by atoms with Gasteiger partial charge in [-0.1, -0.05) is 20.8 Å². The second-order valence-corrected chi connectivity index (χ2v) is 10.8. The van der Waals surface area contributed by atoms with Gasteiger partial charge in [-0.25, -0.2) is 0 Å². The molecule has 212 valence electrons. The number of nitro benzene ring substituents is 4. The van der Waals surface area contributed by atoms with Crippen molar-refractivity contribution in [1.29, 1.82) is 0 Å². The van der Waals surface area contributed by atoms with Gasteiger partial charge in [0.2, 0.25) is 0 Å². The van der Waals surface area contributed by atoms with E-state index in [1.165, 1.54) is 0 Å². The van der Waals surface area contributed by atoms with E-state index < -0.39 is 65.7 Å². The molecule has 1 aliphatic rings. The lowest BCUT2D eigenvalue weighted by atomic mass is 9.62. The molecular weight excluding hydrogens is 532 g/mol. The summed E-state index contributed by atoms with van der Waals surface area (Å²) in [5.74, 6) is -1.58. The Balaban J connectivity index is 1.78. The van der Waals surface area contributed by atoms with Crippen LogP contribution in [0, 0.1) is 51.3 Å². The predicted molar refractivity (Wildman–Crippen MR) is 139 cm³/mol. The van der Waals surface area contributed by atoms with Gasteiger partial charge in [0.1, 0.15) is 11.1 Å². The third-order valence-electron chi connectivity index (χ3n) is 6.72. The van der Waals surface area contributed by atoms with Crippen molar-refractivity contribution in [3.8, 4) is 0 Å². The number of amides is 2. The van der Waals surface area contributed by atoms with Crippen molar-refractivity contribution in [2.45, 2.75) is 46.1 Å². The van der Waals surface area contributed by atoms with Crippen LogP contribution in [0.15, 0.2) is 36.4 Å². The zero-order chi connectivity index (χ0) is 30.0. The maximum atomic E-state index is 13.0. The van der Waals surface area contributed by atoms with Crippen LogP contribution < -0.4 is 10.6 Å². The van der Waals surface area contributed by atoms with E-state index in [9.17, 15) is 50.0 Å². The number of non-ortho nitro benzene ring substituents is 2. The summed E-state index contributed by atoms with van der Waals surface area (Å²) in [4.78, 5) is 67.4. The Morgan fingerprint density at radius 1 is 0.775 bits per heavy atom. The summed E-state index contributed by atoms with van der Waals surface area (Å²) in [5.41, 5.74) is -4.13. The number of hydrogen-bond acceptors (Lipinski definition) is 10. The fourth-order valence-corrected chi connectivity index (χ4v) is 5.48. The number of rotatable bonds is 9. The third kappa shape index (κ3) is 6.69. The van der Waals surface area contributed by atoms with Crippen LogP contribution in [0.2, 0.25) is 0 Å². The van der Waals surface area contributed by atoms with Crippen LogP contribution in [0.4, 0.5) is 22.7 Å². The molecule has 2 N–H and O–H groups in total. The fourth-order valence-electron chi connectivity index (χ4n) is 5.48. The Morgan fingerprint density at radius 2 is 1.25 bits per heavy atom. The third-order valence-corrected chi connectivity index (χ3v) is 6.72. The molecule has 1 fully saturated rings. The van der Waals surface area contributed by atoms with E-state index in [0.717, 1.165) is 30.3 Å². The molecule has 1 saturated carbocycles. The van der Waals surface area contributed by atoms with Crippen molar-refractivity contribution in [2.75, 3.05) is 6.54 Å². The summed E-state index contributed by atoms with van der Waals surface area (Å²) >= 11 is 0. The van der Waals surface area contributed by atoms with Crippen molar-refractivity contribution in [3.63, 3.8) is 0 Å². The quantitative estimate of drug-likeness (QED) is 0.331. The van der Waals surface area contributed by atoms with Gasteiger partial charge in [0.15, 0.2) is 0 Å². The first-order chi connectivity index (χ1) is 18.5. The van der Waals surface area contributed by atoms with Crippen molar-refractivity contribution in [1.82, 2.24) is 10.6 Å². The lowest BCUT2D eigenvalue weighted by molar-refractivity contribution is -0.394. The van der Waals surface area contributed by atoms with Crippen LogP contribution in [0.1, 0.15) is 60.7 Å². The maximum Gasteiger partial charge on any atom is 0.289 e. The van der Waals surface area contributed by atoms with Gasteiger partial charge in [-0.05, 0) is 42.2 Å². The molecule has 0 aliphatic heterocycles. The largest absolute Gasteiger partial charge is 0.351 e. The highest BCUT2D eigenvalue weighted by atomic mass is 16.6. The molecule has 2 aromatic carbocycles. The van der Waals surface area contributed by atoms with Crippen molar-refractivity contribution in [2.24, 2.45) is 10.8 Å². The summed E-state index contributed by atoms with van der Waals surface area (Å²) in [6.45, 7) is 5.79. The average Bonchev–Trinajstić information content (AvgIpc) is 2.85. The van der Waals surface area contributed by atoms with E-state index >= 15 is 0 Å². The molecule has 0 saturated heterocycles. The molecular formula is C24H26N6O10. The number of nitro groups is 4. The number of benzene rings is 2. The van der Waals surface area contributed by atoms with Gasteiger partial charge < -0.3 is 10.6 Å². The molecule has 0 aromatic heterocycles. The Hall–Kier alpha value is -5.02. The normalized spacial score (nSPS) is 19.7. The molecule has 3 rings (SSSR count). The van der Waals surface area contributed by atoms with Gasteiger partial charge in [0.25, 0.3) is 34.6 Å². The Labute approximate surface area is 226 Å².